The van der Waals surface area contributed by atoms with Crippen molar-refractivity contribution in [1.29, 1.82) is 0 Å². The first-order valence-electron chi connectivity index (χ1n) is 9.70. The molecule has 0 spiro atoms. The van der Waals surface area contributed by atoms with E-state index in [-0.39, 0.29) is 17.8 Å². The molecular weight excluding hydrogens is 342 g/mol. The molecule has 0 bridgehead atoms. The molecule has 0 radical (unpaired) electrons. The second kappa shape index (κ2) is 8.84. The number of carbonyl (C=O) groups is 2. The predicted octanol–water partition coefficient (Wildman–Crippen LogP) is 3.88. The highest BCUT2D eigenvalue weighted by Crippen LogP contribution is 2.25. The Morgan fingerprint density at radius 3 is 2.85 bits per heavy atom. The van der Waals surface area contributed by atoms with Crippen LogP contribution in [0.25, 0.3) is 11.0 Å². The van der Waals surface area contributed by atoms with Crippen molar-refractivity contribution in [1.82, 2.24) is 14.9 Å². The Bertz CT molecular complexity index is 819. The van der Waals surface area contributed by atoms with E-state index in [9.17, 15) is 9.59 Å². The third kappa shape index (κ3) is 4.56. The van der Waals surface area contributed by atoms with Gasteiger partial charge in [0, 0.05) is 49.5 Å². The van der Waals surface area contributed by atoms with Crippen LogP contribution in [-0.4, -0.2) is 45.8 Å². The number of likely N-dealkylation sites (tertiary alicyclic amines) is 1. The van der Waals surface area contributed by atoms with Crippen LogP contribution in [0, 0.1) is 0 Å². The fraction of sp³-hybridized carbons (Fsp3) is 0.476. The number of H-pyrrole nitrogens is 1. The van der Waals surface area contributed by atoms with Gasteiger partial charge in [-0.2, -0.15) is 0 Å². The number of ketones is 1. The highest BCUT2D eigenvalue weighted by Gasteiger charge is 2.23. The average Bonchev–Trinajstić information content (AvgIpc) is 3.11. The first kappa shape index (κ1) is 19.1. The standard InChI is InChI=1S/C21H27N3O3/c1-3-5-6-7-19(25)18-14-23-21-17(18)12-16(13-22-21)27-15-8-10-24(11-9-15)20(26)4-2/h4,12-15H,2-3,5-11H2,1H3,(H,22,23). The summed E-state index contributed by atoms with van der Waals surface area (Å²) in [6, 6.07) is 1.90. The number of hydrogen-bond acceptors (Lipinski definition) is 4. The minimum absolute atomic E-state index is 0.0323. The van der Waals surface area contributed by atoms with Gasteiger partial charge in [-0.3, -0.25) is 9.59 Å². The quantitative estimate of drug-likeness (QED) is 0.435. The zero-order chi connectivity index (χ0) is 19.2. The maximum Gasteiger partial charge on any atom is 0.245 e. The summed E-state index contributed by atoms with van der Waals surface area (Å²) in [5.74, 6) is 0.776. The summed E-state index contributed by atoms with van der Waals surface area (Å²) >= 11 is 0. The fourth-order valence-corrected chi connectivity index (χ4v) is 3.47. The Balaban J connectivity index is 1.66. The van der Waals surface area contributed by atoms with E-state index in [1.54, 1.807) is 17.3 Å². The molecule has 0 atom stereocenters. The lowest BCUT2D eigenvalue weighted by molar-refractivity contribution is -0.127. The second-order valence-corrected chi connectivity index (χ2v) is 7.00. The molecule has 144 valence electrons. The molecule has 3 rings (SSSR count). The van der Waals surface area contributed by atoms with E-state index in [2.05, 4.69) is 23.5 Å². The molecule has 2 aromatic heterocycles. The zero-order valence-corrected chi connectivity index (χ0v) is 15.9. The monoisotopic (exact) mass is 369 g/mol. The first-order chi connectivity index (χ1) is 13.1. The van der Waals surface area contributed by atoms with Crippen molar-refractivity contribution in [2.75, 3.05) is 13.1 Å². The number of unbranched alkanes of at least 4 members (excludes halogenated alkanes) is 2. The van der Waals surface area contributed by atoms with Gasteiger partial charge in [-0.1, -0.05) is 26.3 Å². The minimum Gasteiger partial charge on any atom is -0.489 e. The smallest absolute Gasteiger partial charge is 0.245 e. The molecule has 0 unspecified atom stereocenters. The average molecular weight is 369 g/mol. The Morgan fingerprint density at radius 2 is 2.15 bits per heavy atom. The number of nitrogens with zero attached hydrogens (tertiary/aromatic N) is 2. The van der Waals surface area contributed by atoms with Crippen molar-refractivity contribution in [3.05, 3.63) is 36.7 Å². The van der Waals surface area contributed by atoms with Crippen LogP contribution in [0.3, 0.4) is 0 Å². The van der Waals surface area contributed by atoms with Crippen LogP contribution in [0.15, 0.2) is 31.1 Å². The molecule has 0 saturated carbocycles. The van der Waals surface area contributed by atoms with Crippen LogP contribution >= 0.6 is 0 Å². The highest BCUT2D eigenvalue weighted by atomic mass is 16.5. The van der Waals surface area contributed by atoms with E-state index in [1.165, 1.54) is 6.08 Å². The number of aromatic amines is 1. The Kier molecular flexibility index (Phi) is 6.27. The summed E-state index contributed by atoms with van der Waals surface area (Å²) in [6.07, 6.45) is 9.99. The zero-order valence-electron chi connectivity index (χ0n) is 15.9. The summed E-state index contributed by atoms with van der Waals surface area (Å²) in [5, 5.41) is 0.813. The molecular formula is C21H27N3O3. The van der Waals surface area contributed by atoms with Gasteiger partial charge in [0.25, 0.3) is 0 Å². The first-order valence-corrected chi connectivity index (χ1v) is 9.70. The lowest BCUT2D eigenvalue weighted by atomic mass is 10.0. The van der Waals surface area contributed by atoms with Gasteiger partial charge in [0.05, 0.1) is 6.20 Å². The van der Waals surface area contributed by atoms with E-state index < -0.39 is 0 Å². The van der Waals surface area contributed by atoms with Gasteiger partial charge >= 0.3 is 0 Å². The van der Waals surface area contributed by atoms with Gasteiger partial charge in [0.1, 0.15) is 17.5 Å². The lowest BCUT2D eigenvalue weighted by Crippen LogP contribution is -2.41. The molecule has 1 N–H and O–H groups in total. The topological polar surface area (TPSA) is 75.3 Å². The number of pyridine rings is 1. The number of piperidine rings is 1. The van der Waals surface area contributed by atoms with Gasteiger partial charge in [-0.15, -0.1) is 0 Å². The van der Waals surface area contributed by atoms with E-state index in [0.717, 1.165) is 37.5 Å². The number of carbonyl (C=O) groups excluding carboxylic acids is 2. The molecule has 27 heavy (non-hydrogen) atoms. The van der Waals surface area contributed by atoms with Crippen molar-refractivity contribution in [2.24, 2.45) is 0 Å². The summed E-state index contributed by atoms with van der Waals surface area (Å²) in [4.78, 5) is 33.4. The van der Waals surface area contributed by atoms with Crippen LogP contribution in [0.5, 0.6) is 5.75 Å². The normalized spacial score (nSPS) is 15.1. The van der Waals surface area contributed by atoms with E-state index in [4.69, 9.17) is 4.74 Å². The molecule has 1 fully saturated rings. The van der Waals surface area contributed by atoms with Gasteiger partial charge in [0.2, 0.25) is 5.91 Å². The Hall–Kier alpha value is -2.63. The molecule has 1 aliphatic heterocycles. The van der Waals surface area contributed by atoms with E-state index in [0.29, 0.717) is 36.5 Å². The SMILES string of the molecule is C=CC(=O)N1CCC(Oc2cnc3[nH]cc(C(=O)CCCCC)c3c2)CC1. The molecule has 0 aliphatic carbocycles. The number of aromatic nitrogens is 2. The van der Waals surface area contributed by atoms with Crippen LogP contribution in [0.4, 0.5) is 0 Å². The number of hydrogen-bond donors (Lipinski definition) is 1. The number of Topliss-reactive ketones (excluding diaryl/α,β-unsaturated/α-hetero) is 1. The van der Waals surface area contributed by atoms with Crippen molar-refractivity contribution < 1.29 is 14.3 Å². The summed E-state index contributed by atoms with van der Waals surface area (Å²) < 4.78 is 6.08. The highest BCUT2D eigenvalue weighted by molar-refractivity contribution is 6.07. The van der Waals surface area contributed by atoms with Crippen molar-refractivity contribution in [2.45, 2.75) is 51.6 Å². The maximum absolute atomic E-state index is 12.5. The van der Waals surface area contributed by atoms with Crippen LogP contribution in [0.2, 0.25) is 0 Å². The van der Waals surface area contributed by atoms with Crippen LogP contribution in [-0.2, 0) is 4.79 Å². The molecule has 6 heteroatoms. The second-order valence-electron chi connectivity index (χ2n) is 7.00. The van der Waals surface area contributed by atoms with Gasteiger partial charge in [-0.05, 0) is 18.6 Å². The van der Waals surface area contributed by atoms with Gasteiger partial charge in [-0.25, -0.2) is 4.98 Å². The van der Waals surface area contributed by atoms with E-state index in [1.807, 2.05) is 6.07 Å². The molecule has 1 aliphatic rings. The number of fused-ring (bicyclic) bond motifs is 1. The number of rotatable bonds is 8. The Labute approximate surface area is 159 Å². The third-order valence-electron chi connectivity index (χ3n) is 5.04. The minimum atomic E-state index is -0.0323. The molecule has 3 heterocycles. The maximum atomic E-state index is 12.5. The number of amides is 1. The largest absolute Gasteiger partial charge is 0.489 e. The summed E-state index contributed by atoms with van der Waals surface area (Å²) in [6.45, 7) is 6.98. The van der Waals surface area contributed by atoms with Gasteiger partial charge < -0.3 is 14.6 Å². The third-order valence-corrected chi connectivity index (χ3v) is 5.04. The summed E-state index contributed by atoms with van der Waals surface area (Å²) in [7, 11) is 0. The Morgan fingerprint density at radius 1 is 1.37 bits per heavy atom. The molecule has 2 aromatic rings. The molecule has 0 aromatic carbocycles. The van der Waals surface area contributed by atoms with Crippen LogP contribution < -0.4 is 4.74 Å². The van der Waals surface area contributed by atoms with Gasteiger partial charge in [0.15, 0.2) is 5.78 Å². The summed E-state index contributed by atoms with van der Waals surface area (Å²) in [5.41, 5.74) is 1.39. The van der Waals surface area contributed by atoms with Crippen molar-refractivity contribution in [3.63, 3.8) is 0 Å². The van der Waals surface area contributed by atoms with E-state index >= 15 is 0 Å². The molecule has 6 nitrogen and oxygen atoms in total. The lowest BCUT2D eigenvalue weighted by Gasteiger charge is -2.31. The fourth-order valence-electron chi connectivity index (χ4n) is 3.47. The van der Waals surface area contributed by atoms with Crippen LogP contribution in [0.1, 0.15) is 55.8 Å². The van der Waals surface area contributed by atoms with Crippen molar-refractivity contribution >= 4 is 22.7 Å². The number of ether oxygens (including phenoxy) is 1. The predicted molar refractivity (Wildman–Crippen MR) is 105 cm³/mol. The number of nitrogens with one attached hydrogen (secondary N) is 1. The van der Waals surface area contributed by atoms with Crippen molar-refractivity contribution in [3.8, 4) is 5.75 Å². The molecule has 1 saturated heterocycles. The molecule has 1 amide bonds.